The zero-order valence-corrected chi connectivity index (χ0v) is 12.0. The second kappa shape index (κ2) is 6.36. The van der Waals surface area contributed by atoms with Gasteiger partial charge >= 0.3 is 5.97 Å². The summed E-state index contributed by atoms with van der Waals surface area (Å²) in [5, 5.41) is 19.5. The third-order valence-electron chi connectivity index (χ3n) is 2.93. The number of carbonyl (C=O) groups is 2. The minimum absolute atomic E-state index is 0.101. The lowest BCUT2D eigenvalue weighted by molar-refractivity contribution is -0.121. The molecule has 2 N–H and O–H groups in total. The van der Waals surface area contributed by atoms with E-state index >= 15 is 0 Å². The Morgan fingerprint density at radius 3 is 2.71 bits per heavy atom. The molecule has 0 spiro atoms. The number of halogens is 1. The number of nitrogens with zero attached hydrogens (tertiary/aromatic N) is 3. The Morgan fingerprint density at radius 2 is 2.10 bits per heavy atom. The number of aromatic carboxylic acids is 1. The Bertz CT molecular complexity index is 684. The summed E-state index contributed by atoms with van der Waals surface area (Å²) in [5.41, 5.74) is 0.889. The van der Waals surface area contributed by atoms with Crippen LogP contribution >= 0.6 is 11.6 Å². The van der Waals surface area contributed by atoms with Gasteiger partial charge in [-0.05, 0) is 11.6 Å². The second-order valence-corrected chi connectivity index (χ2v) is 4.70. The average Bonchev–Trinajstić information content (AvgIpc) is 2.84. The molecular weight excluding hydrogens is 296 g/mol. The zero-order chi connectivity index (χ0) is 15.4. The van der Waals surface area contributed by atoms with Crippen LogP contribution in [0.25, 0.3) is 0 Å². The van der Waals surface area contributed by atoms with Crippen molar-refractivity contribution in [1.82, 2.24) is 20.3 Å². The molecule has 8 heteroatoms. The molecule has 0 atom stereocenters. The highest BCUT2D eigenvalue weighted by molar-refractivity contribution is 6.31. The topological polar surface area (TPSA) is 97.1 Å². The average molecular weight is 309 g/mol. The number of carboxylic acid groups (broad SMARTS) is 1. The van der Waals surface area contributed by atoms with Crippen LogP contribution in [0.15, 0.2) is 24.3 Å². The van der Waals surface area contributed by atoms with Crippen LogP contribution in [0.2, 0.25) is 5.02 Å². The first kappa shape index (κ1) is 15.0. The minimum Gasteiger partial charge on any atom is -0.476 e. The third kappa shape index (κ3) is 3.38. The van der Waals surface area contributed by atoms with E-state index in [1.165, 1.54) is 11.7 Å². The van der Waals surface area contributed by atoms with Crippen LogP contribution in [0.4, 0.5) is 0 Å². The van der Waals surface area contributed by atoms with Crippen LogP contribution in [-0.4, -0.2) is 39.0 Å². The lowest BCUT2D eigenvalue weighted by Crippen LogP contribution is -2.25. The molecule has 1 amide bonds. The van der Waals surface area contributed by atoms with Crippen LogP contribution in [-0.2, 0) is 17.8 Å². The number of likely N-dealkylation sites (N-methyl/N-ethyl adjacent to an activating group) is 1. The highest BCUT2D eigenvalue weighted by Crippen LogP contribution is 2.20. The van der Waals surface area contributed by atoms with E-state index in [0.717, 1.165) is 5.56 Å². The lowest BCUT2D eigenvalue weighted by Gasteiger charge is -2.08. The number of rotatable bonds is 5. The van der Waals surface area contributed by atoms with Crippen molar-refractivity contribution >= 4 is 23.5 Å². The third-order valence-corrected chi connectivity index (χ3v) is 3.30. The fraction of sp³-hybridized carbons (Fsp3) is 0.231. The Labute approximate surface area is 125 Å². The molecule has 7 nitrogen and oxygen atoms in total. The summed E-state index contributed by atoms with van der Waals surface area (Å²) >= 11 is 6.08. The summed E-state index contributed by atoms with van der Waals surface area (Å²) in [6.07, 6.45) is 0.227. The summed E-state index contributed by atoms with van der Waals surface area (Å²) in [6, 6.07) is 7.08. The summed E-state index contributed by atoms with van der Waals surface area (Å²) in [7, 11) is 1.49. The van der Waals surface area contributed by atoms with E-state index in [-0.39, 0.29) is 24.6 Å². The van der Waals surface area contributed by atoms with Gasteiger partial charge in [-0.2, -0.15) is 0 Å². The molecule has 2 aromatic rings. The van der Waals surface area contributed by atoms with Gasteiger partial charge in [0.2, 0.25) is 5.91 Å². The van der Waals surface area contributed by atoms with Gasteiger partial charge in [0.1, 0.15) is 6.54 Å². The van der Waals surface area contributed by atoms with Gasteiger partial charge in [-0.3, -0.25) is 4.79 Å². The number of aromatic nitrogens is 3. The van der Waals surface area contributed by atoms with Gasteiger partial charge in [0.05, 0.1) is 5.69 Å². The molecule has 0 aliphatic rings. The van der Waals surface area contributed by atoms with Crippen molar-refractivity contribution in [2.45, 2.75) is 13.0 Å². The largest absolute Gasteiger partial charge is 0.476 e. The first-order valence-corrected chi connectivity index (χ1v) is 6.50. The monoisotopic (exact) mass is 308 g/mol. The molecule has 0 unspecified atom stereocenters. The summed E-state index contributed by atoms with van der Waals surface area (Å²) in [6.45, 7) is -0.101. The summed E-state index contributed by atoms with van der Waals surface area (Å²) in [5.74, 6) is -1.49. The lowest BCUT2D eigenvalue weighted by atomic mass is 10.1. The van der Waals surface area contributed by atoms with E-state index in [1.807, 2.05) is 0 Å². The Balaban J connectivity index is 2.39. The van der Waals surface area contributed by atoms with Crippen molar-refractivity contribution in [1.29, 1.82) is 0 Å². The first-order chi connectivity index (χ1) is 10.0. The summed E-state index contributed by atoms with van der Waals surface area (Å²) in [4.78, 5) is 22.7. The molecule has 1 heterocycles. The predicted octanol–water partition coefficient (Wildman–Crippen LogP) is 0.967. The van der Waals surface area contributed by atoms with Gasteiger partial charge in [0.15, 0.2) is 5.69 Å². The van der Waals surface area contributed by atoms with Crippen molar-refractivity contribution in [2.75, 3.05) is 7.05 Å². The van der Waals surface area contributed by atoms with Gasteiger partial charge in [-0.15, -0.1) is 5.10 Å². The number of carbonyl (C=O) groups excluding carboxylic acids is 1. The van der Waals surface area contributed by atoms with Gasteiger partial charge < -0.3 is 10.4 Å². The quantitative estimate of drug-likeness (QED) is 0.857. The number of benzene rings is 1. The van der Waals surface area contributed by atoms with Gasteiger partial charge in [0.25, 0.3) is 0 Å². The van der Waals surface area contributed by atoms with Crippen molar-refractivity contribution in [2.24, 2.45) is 0 Å². The van der Waals surface area contributed by atoms with Crippen LogP contribution in [0.5, 0.6) is 0 Å². The van der Waals surface area contributed by atoms with E-state index in [9.17, 15) is 9.59 Å². The number of nitrogens with one attached hydrogen (secondary N) is 1. The maximum atomic E-state index is 11.5. The fourth-order valence-electron chi connectivity index (χ4n) is 1.84. The maximum absolute atomic E-state index is 11.5. The number of carboxylic acids is 1. The fourth-order valence-corrected chi connectivity index (χ4v) is 2.04. The Morgan fingerprint density at radius 1 is 1.38 bits per heavy atom. The summed E-state index contributed by atoms with van der Waals surface area (Å²) < 4.78 is 1.27. The van der Waals surface area contributed by atoms with E-state index < -0.39 is 5.97 Å². The molecule has 0 fully saturated rings. The van der Waals surface area contributed by atoms with Crippen LogP contribution in [0.3, 0.4) is 0 Å². The van der Waals surface area contributed by atoms with Gasteiger partial charge in [-0.25, -0.2) is 9.48 Å². The molecule has 0 aliphatic heterocycles. The Kier molecular flexibility index (Phi) is 4.54. The van der Waals surface area contributed by atoms with Crippen molar-refractivity contribution in [3.05, 3.63) is 46.2 Å². The molecule has 0 saturated heterocycles. The highest BCUT2D eigenvalue weighted by Gasteiger charge is 2.21. The van der Waals surface area contributed by atoms with Gasteiger partial charge in [0, 0.05) is 18.5 Å². The standard InChI is InChI=1S/C13H13ClN4O3/c1-15-11(19)7-18-10(12(13(20)21)16-17-18)6-8-4-2-3-5-9(8)14/h2-5H,6-7H2,1H3,(H,15,19)(H,20,21). The number of hydrogen-bond acceptors (Lipinski definition) is 4. The molecule has 0 radical (unpaired) electrons. The molecule has 1 aromatic carbocycles. The maximum Gasteiger partial charge on any atom is 0.358 e. The zero-order valence-electron chi connectivity index (χ0n) is 11.2. The van der Waals surface area contributed by atoms with Crippen LogP contribution < -0.4 is 5.32 Å². The molecule has 1 aromatic heterocycles. The molecule has 2 rings (SSSR count). The smallest absolute Gasteiger partial charge is 0.358 e. The van der Waals surface area contributed by atoms with E-state index in [0.29, 0.717) is 10.7 Å². The molecular formula is C13H13ClN4O3. The number of hydrogen-bond donors (Lipinski definition) is 2. The SMILES string of the molecule is CNC(=O)Cn1nnc(C(=O)O)c1Cc1ccccc1Cl. The molecule has 21 heavy (non-hydrogen) atoms. The van der Waals surface area contributed by atoms with Gasteiger partial charge in [-0.1, -0.05) is 35.0 Å². The van der Waals surface area contributed by atoms with E-state index in [2.05, 4.69) is 15.6 Å². The molecule has 0 aliphatic carbocycles. The van der Waals surface area contributed by atoms with Crippen molar-refractivity contribution in [3.8, 4) is 0 Å². The normalized spacial score (nSPS) is 10.4. The van der Waals surface area contributed by atoms with Crippen LogP contribution in [0, 0.1) is 0 Å². The van der Waals surface area contributed by atoms with E-state index in [4.69, 9.17) is 16.7 Å². The minimum atomic E-state index is -1.19. The Hall–Kier alpha value is -2.41. The first-order valence-electron chi connectivity index (χ1n) is 6.12. The number of amides is 1. The second-order valence-electron chi connectivity index (χ2n) is 4.29. The van der Waals surface area contributed by atoms with Crippen LogP contribution in [0.1, 0.15) is 21.7 Å². The molecule has 0 bridgehead atoms. The van der Waals surface area contributed by atoms with E-state index in [1.54, 1.807) is 24.3 Å². The molecule has 0 saturated carbocycles. The van der Waals surface area contributed by atoms with Crippen molar-refractivity contribution in [3.63, 3.8) is 0 Å². The molecule has 110 valence electrons. The predicted molar refractivity (Wildman–Crippen MR) is 75.3 cm³/mol. The highest BCUT2D eigenvalue weighted by atomic mass is 35.5. The van der Waals surface area contributed by atoms with Crippen molar-refractivity contribution < 1.29 is 14.7 Å².